The molecule has 1 aliphatic heterocycles. The molecule has 2 heterocycles. The standard InChI is InChI=1S/C29H34ClN5O6/c1-34-25(11-14-31-34)24-19-22(33-29(38)32-21-5-3-20(30)4-6-21)7-8-26(24)40-18-17-35-15-12-23(13-16-35)41-28(37)10-9-27(36)39-2/h3-8,11,14,19,23H,9-10,12-13,15-18H2,1-2H3,(H2,32,33,38). The molecule has 218 valence electrons. The zero-order chi connectivity index (χ0) is 29.2. The van der Waals surface area contributed by atoms with E-state index in [-0.39, 0.29) is 30.9 Å². The molecular formula is C29H34ClN5O6. The maximum absolute atomic E-state index is 12.6. The molecule has 3 aromatic rings. The first-order valence-electron chi connectivity index (χ1n) is 13.4. The minimum absolute atomic E-state index is 0.0277. The lowest BCUT2D eigenvalue weighted by Crippen LogP contribution is -2.39. The molecule has 0 saturated carbocycles. The Morgan fingerprint density at radius 2 is 1.66 bits per heavy atom. The predicted molar refractivity (Wildman–Crippen MR) is 155 cm³/mol. The average Bonchev–Trinajstić information content (AvgIpc) is 3.40. The maximum atomic E-state index is 12.6. The molecule has 0 atom stereocenters. The van der Waals surface area contributed by atoms with Crippen molar-refractivity contribution in [2.24, 2.45) is 7.05 Å². The third kappa shape index (κ3) is 8.95. The van der Waals surface area contributed by atoms with Gasteiger partial charge in [0, 0.05) is 54.8 Å². The number of urea groups is 1. The van der Waals surface area contributed by atoms with Gasteiger partial charge >= 0.3 is 18.0 Å². The van der Waals surface area contributed by atoms with E-state index in [2.05, 4.69) is 25.4 Å². The summed E-state index contributed by atoms with van der Waals surface area (Å²) in [6.07, 6.45) is 3.07. The van der Waals surface area contributed by atoms with Crippen LogP contribution in [0.25, 0.3) is 11.3 Å². The fraction of sp³-hybridized carbons (Fsp3) is 0.379. The second-order valence-corrected chi connectivity index (χ2v) is 10.0. The quantitative estimate of drug-likeness (QED) is 0.311. The smallest absolute Gasteiger partial charge is 0.323 e. The second kappa shape index (κ2) is 14.5. The third-order valence-corrected chi connectivity index (χ3v) is 6.95. The molecule has 1 aliphatic rings. The van der Waals surface area contributed by atoms with Crippen molar-refractivity contribution in [2.45, 2.75) is 31.8 Å². The molecule has 12 heteroatoms. The van der Waals surface area contributed by atoms with Crippen molar-refractivity contribution in [1.82, 2.24) is 14.7 Å². The fourth-order valence-electron chi connectivity index (χ4n) is 4.48. The minimum atomic E-state index is -0.422. The molecule has 2 amide bonds. The van der Waals surface area contributed by atoms with E-state index in [0.717, 1.165) is 37.2 Å². The van der Waals surface area contributed by atoms with Gasteiger partial charge in [-0.05, 0) is 61.4 Å². The number of ether oxygens (including phenoxy) is 3. The van der Waals surface area contributed by atoms with Crippen LogP contribution < -0.4 is 15.4 Å². The lowest BCUT2D eigenvalue weighted by Gasteiger charge is -2.31. The van der Waals surface area contributed by atoms with E-state index in [0.29, 0.717) is 35.3 Å². The van der Waals surface area contributed by atoms with Crippen LogP contribution in [-0.4, -0.2) is 72.1 Å². The molecule has 0 aliphatic carbocycles. The number of likely N-dealkylation sites (tertiary alicyclic amines) is 1. The summed E-state index contributed by atoms with van der Waals surface area (Å²) in [5.74, 6) is -0.124. The molecule has 1 fully saturated rings. The SMILES string of the molecule is COC(=O)CCC(=O)OC1CCN(CCOc2ccc(NC(=O)Nc3ccc(Cl)cc3)cc2-c2ccnn2C)CC1. The summed E-state index contributed by atoms with van der Waals surface area (Å²) in [5.41, 5.74) is 2.87. The van der Waals surface area contributed by atoms with Gasteiger partial charge in [-0.2, -0.15) is 5.10 Å². The van der Waals surface area contributed by atoms with E-state index in [1.165, 1.54) is 7.11 Å². The number of hydrogen-bond donors (Lipinski definition) is 2. The van der Waals surface area contributed by atoms with Gasteiger partial charge in [0.25, 0.3) is 0 Å². The number of nitrogens with zero attached hydrogens (tertiary/aromatic N) is 3. The number of anilines is 2. The number of methoxy groups -OCH3 is 1. The number of hydrogen-bond acceptors (Lipinski definition) is 8. The molecule has 0 radical (unpaired) electrons. The van der Waals surface area contributed by atoms with Crippen LogP contribution in [0.4, 0.5) is 16.2 Å². The molecule has 0 bridgehead atoms. The Balaban J connectivity index is 1.29. The van der Waals surface area contributed by atoms with Crippen LogP contribution in [-0.2, 0) is 26.1 Å². The highest BCUT2D eigenvalue weighted by atomic mass is 35.5. The van der Waals surface area contributed by atoms with Crippen molar-refractivity contribution in [3.05, 3.63) is 59.8 Å². The molecule has 1 aromatic heterocycles. The number of benzene rings is 2. The van der Waals surface area contributed by atoms with Crippen molar-refractivity contribution in [3.8, 4) is 17.0 Å². The van der Waals surface area contributed by atoms with Crippen molar-refractivity contribution in [3.63, 3.8) is 0 Å². The van der Waals surface area contributed by atoms with Crippen LogP contribution in [0.2, 0.25) is 5.02 Å². The van der Waals surface area contributed by atoms with Crippen molar-refractivity contribution in [1.29, 1.82) is 0 Å². The Morgan fingerprint density at radius 1 is 0.976 bits per heavy atom. The Morgan fingerprint density at radius 3 is 2.34 bits per heavy atom. The minimum Gasteiger partial charge on any atom is -0.492 e. The summed E-state index contributed by atoms with van der Waals surface area (Å²) >= 11 is 5.92. The highest BCUT2D eigenvalue weighted by Crippen LogP contribution is 2.32. The predicted octanol–water partition coefficient (Wildman–Crippen LogP) is 4.72. The first kappa shape index (κ1) is 29.9. The van der Waals surface area contributed by atoms with Gasteiger partial charge in [-0.3, -0.25) is 19.2 Å². The first-order chi connectivity index (χ1) is 19.8. The number of piperidine rings is 1. The third-order valence-electron chi connectivity index (χ3n) is 6.70. The van der Waals surface area contributed by atoms with Crippen LogP contribution in [0.3, 0.4) is 0 Å². The highest BCUT2D eigenvalue weighted by Gasteiger charge is 2.23. The lowest BCUT2D eigenvalue weighted by molar-refractivity contribution is -0.154. The van der Waals surface area contributed by atoms with Gasteiger partial charge in [-0.25, -0.2) is 4.79 Å². The zero-order valence-electron chi connectivity index (χ0n) is 23.1. The Bertz CT molecular complexity index is 1340. The molecule has 41 heavy (non-hydrogen) atoms. The molecule has 0 unspecified atom stereocenters. The number of carbonyl (C=O) groups is 3. The summed E-state index contributed by atoms with van der Waals surface area (Å²) in [5, 5.41) is 10.5. The number of rotatable bonds is 11. The molecule has 2 N–H and O–H groups in total. The van der Waals surface area contributed by atoms with Gasteiger partial charge in [-0.15, -0.1) is 0 Å². The molecule has 0 spiro atoms. The van der Waals surface area contributed by atoms with E-state index >= 15 is 0 Å². The second-order valence-electron chi connectivity index (χ2n) is 9.59. The summed E-state index contributed by atoms with van der Waals surface area (Å²) in [4.78, 5) is 38.0. The number of carbonyl (C=O) groups excluding carboxylic acids is 3. The van der Waals surface area contributed by atoms with Crippen molar-refractivity contribution < 1.29 is 28.6 Å². The van der Waals surface area contributed by atoms with Gasteiger partial charge in [-0.1, -0.05) is 11.6 Å². The summed E-state index contributed by atoms with van der Waals surface area (Å²) < 4.78 is 18.0. The number of aryl methyl sites for hydroxylation is 1. The van der Waals surface area contributed by atoms with Crippen molar-refractivity contribution >= 4 is 40.9 Å². The van der Waals surface area contributed by atoms with Crippen LogP contribution in [0.1, 0.15) is 25.7 Å². The van der Waals surface area contributed by atoms with E-state index in [1.807, 2.05) is 25.2 Å². The number of nitrogens with one attached hydrogen (secondary N) is 2. The molecule has 11 nitrogen and oxygen atoms in total. The topological polar surface area (TPSA) is 124 Å². The van der Waals surface area contributed by atoms with E-state index in [1.54, 1.807) is 41.2 Å². The normalized spacial score (nSPS) is 13.8. The number of aromatic nitrogens is 2. The van der Waals surface area contributed by atoms with Gasteiger partial charge in [0.05, 0.1) is 25.6 Å². The Hall–Kier alpha value is -4.09. The first-order valence-corrected chi connectivity index (χ1v) is 13.8. The number of amides is 2. The van der Waals surface area contributed by atoms with E-state index in [4.69, 9.17) is 21.1 Å². The van der Waals surface area contributed by atoms with Crippen LogP contribution in [0.5, 0.6) is 5.75 Å². The summed E-state index contributed by atoms with van der Waals surface area (Å²) in [7, 11) is 3.14. The number of halogens is 1. The van der Waals surface area contributed by atoms with Gasteiger partial charge in [0.2, 0.25) is 0 Å². The van der Waals surface area contributed by atoms with Crippen LogP contribution in [0, 0.1) is 0 Å². The van der Waals surface area contributed by atoms with Crippen LogP contribution >= 0.6 is 11.6 Å². The van der Waals surface area contributed by atoms with Gasteiger partial charge in [0.1, 0.15) is 18.5 Å². The summed E-state index contributed by atoms with van der Waals surface area (Å²) in [6, 6.07) is 13.8. The highest BCUT2D eigenvalue weighted by molar-refractivity contribution is 6.30. The average molecular weight is 584 g/mol. The lowest BCUT2D eigenvalue weighted by atomic mass is 10.1. The van der Waals surface area contributed by atoms with E-state index in [9.17, 15) is 14.4 Å². The maximum Gasteiger partial charge on any atom is 0.323 e. The van der Waals surface area contributed by atoms with Crippen LogP contribution in [0.15, 0.2) is 54.7 Å². The zero-order valence-corrected chi connectivity index (χ0v) is 23.9. The Labute approximate surface area is 243 Å². The Kier molecular flexibility index (Phi) is 10.6. The monoisotopic (exact) mass is 583 g/mol. The van der Waals surface area contributed by atoms with Gasteiger partial charge in [0.15, 0.2) is 0 Å². The largest absolute Gasteiger partial charge is 0.492 e. The molecular weight excluding hydrogens is 550 g/mol. The number of esters is 2. The van der Waals surface area contributed by atoms with Crippen molar-refractivity contribution in [2.75, 3.05) is 44.0 Å². The fourth-order valence-corrected chi connectivity index (χ4v) is 4.61. The molecule has 4 rings (SSSR count). The van der Waals surface area contributed by atoms with Gasteiger partial charge < -0.3 is 24.8 Å². The molecule has 2 aromatic carbocycles. The summed E-state index contributed by atoms with van der Waals surface area (Å²) in [6.45, 7) is 2.71. The van der Waals surface area contributed by atoms with E-state index < -0.39 is 5.97 Å². The molecule has 1 saturated heterocycles.